The summed E-state index contributed by atoms with van der Waals surface area (Å²) < 4.78 is 12.5. The molecule has 1 rings (SSSR count). The molecule has 1 aromatic carbocycles. The van der Waals surface area contributed by atoms with Gasteiger partial charge in [0.05, 0.1) is 10.9 Å². The predicted octanol–water partition coefficient (Wildman–Crippen LogP) is 3.63. The molecule has 0 atom stereocenters. The van der Waals surface area contributed by atoms with Crippen molar-refractivity contribution >= 4 is 40.0 Å². The lowest BCUT2D eigenvalue weighted by Crippen LogP contribution is -1.92. The van der Waals surface area contributed by atoms with E-state index < -0.39 is 11.1 Å². The number of hydrogen-bond acceptors (Lipinski definition) is 1. The van der Waals surface area contributed by atoms with Crippen molar-refractivity contribution < 1.29 is 9.18 Å². The summed E-state index contributed by atoms with van der Waals surface area (Å²) in [7, 11) is 0. The van der Waals surface area contributed by atoms with E-state index in [0.717, 1.165) is 0 Å². The molecule has 0 radical (unpaired) electrons. The second-order valence-electron chi connectivity index (χ2n) is 1.85. The lowest BCUT2D eigenvalue weighted by molar-refractivity contribution is 0.107. The molecule has 0 saturated heterocycles. The van der Waals surface area contributed by atoms with Crippen LogP contribution in [-0.4, -0.2) is 10.6 Å². The quantitative estimate of drug-likeness (QED) is 0.544. The Morgan fingerprint density at radius 3 is 2.08 bits per heavy atom. The van der Waals surface area contributed by atoms with Gasteiger partial charge in [-0.15, -0.1) is 23.2 Å². The second kappa shape index (κ2) is 7.13. The van der Waals surface area contributed by atoms with E-state index >= 15 is 0 Å². The lowest BCUT2D eigenvalue weighted by atomic mass is 10.2. The van der Waals surface area contributed by atoms with E-state index in [1.165, 1.54) is 18.2 Å². The first-order valence-corrected chi connectivity index (χ1v) is 4.64. The number of benzene rings is 1. The number of rotatable bonds is 1. The highest BCUT2D eigenvalue weighted by Gasteiger charge is 2.05. The summed E-state index contributed by atoms with van der Waals surface area (Å²) >= 11 is 14.6. The largest absolute Gasteiger partial charge is 0.275 e. The topological polar surface area (TPSA) is 17.1 Å². The zero-order chi connectivity index (χ0) is 10.3. The molecule has 0 aliphatic carbocycles. The first kappa shape index (κ1) is 12.7. The Balaban J connectivity index is 0.000000424. The number of carbonyl (C=O) groups excluding carboxylic acids is 1. The summed E-state index contributed by atoms with van der Waals surface area (Å²) in [4.78, 5) is 10.4. The number of alkyl halides is 2. The van der Waals surface area contributed by atoms with E-state index in [9.17, 15) is 9.18 Å². The molecule has 0 unspecified atom stereocenters. The van der Waals surface area contributed by atoms with Crippen molar-refractivity contribution in [3.05, 3.63) is 35.6 Å². The van der Waals surface area contributed by atoms with Gasteiger partial charge < -0.3 is 0 Å². The van der Waals surface area contributed by atoms with Crippen LogP contribution in [0.25, 0.3) is 0 Å². The van der Waals surface area contributed by atoms with Crippen LogP contribution in [0, 0.1) is 5.82 Å². The predicted molar refractivity (Wildman–Crippen MR) is 53.2 cm³/mol. The van der Waals surface area contributed by atoms with Gasteiger partial charge in [-0.2, -0.15) is 0 Å². The number of carbonyl (C=O) groups is 1. The van der Waals surface area contributed by atoms with Crippen LogP contribution in [0.5, 0.6) is 0 Å². The molecule has 0 bridgehead atoms. The third-order valence-corrected chi connectivity index (χ3v) is 1.29. The standard InChI is InChI=1S/C7H4ClFO.CH2Cl2/c8-7(10)5-3-1-2-4-6(5)9;2-1-3/h1-4H;1H2. The van der Waals surface area contributed by atoms with Crippen LogP contribution in [0.15, 0.2) is 24.3 Å². The highest BCUT2D eigenvalue weighted by molar-refractivity contribution is 6.67. The van der Waals surface area contributed by atoms with Crippen LogP contribution in [0.2, 0.25) is 0 Å². The Hall–Kier alpha value is -0.310. The van der Waals surface area contributed by atoms with Gasteiger partial charge in [-0.25, -0.2) is 4.39 Å². The molecule has 72 valence electrons. The zero-order valence-electron chi connectivity index (χ0n) is 6.44. The Kier molecular flexibility index (Phi) is 6.96. The van der Waals surface area contributed by atoms with E-state index in [1.54, 1.807) is 6.07 Å². The van der Waals surface area contributed by atoms with Gasteiger partial charge in [0.1, 0.15) is 5.82 Å². The molecule has 0 amide bonds. The van der Waals surface area contributed by atoms with Gasteiger partial charge in [-0.1, -0.05) is 12.1 Å². The summed E-state index contributed by atoms with van der Waals surface area (Å²) in [6, 6.07) is 5.58. The summed E-state index contributed by atoms with van der Waals surface area (Å²) in [6.07, 6.45) is 0. The highest BCUT2D eigenvalue weighted by Crippen LogP contribution is 2.08. The fraction of sp³-hybridized carbons (Fsp3) is 0.125. The summed E-state index contributed by atoms with van der Waals surface area (Å²) in [6.45, 7) is 0. The van der Waals surface area contributed by atoms with Crippen LogP contribution in [0.4, 0.5) is 4.39 Å². The Labute approximate surface area is 90.4 Å². The molecule has 0 fully saturated rings. The van der Waals surface area contributed by atoms with E-state index in [-0.39, 0.29) is 10.9 Å². The molecule has 1 nitrogen and oxygen atoms in total. The van der Waals surface area contributed by atoms with E-state index in [4.69, 9.17) is 34.8 Å². The maximum atomic E-state index is 12.5. The van der Waals surface area contributed by atoms with Crippen LogP contribution < -0.4 is 0 Å². The molecule has 0 aromatic heterocycles. The SMILES string of the molecule is ClCCl.O=C(Cl)c1ccccc1F. The van der Waals surface area contributed by atoms with Gasteiger partial charge in [-0.3, -0.25) is 4.79 Å². The molecule has 0 N–H and O–H groups in total. The first-order chi connectivity index (χ1) is 6.13. The van der Waals surface area contributed by atoms with E-state index in [2.05, 4.69) is 0 Å². The van der Waals surface area contributed by atoms with Gasteiger partial charge >= 0.3 is 0 Å². The fourth-order valence-corrected chi connectivity index (χ4v) is 0.774. The zero-order valence-corrected chi connectivity index (χ0v) is 8.70. The Morgan fingerprint density at radius 2 is 1.77 bits per heavy atom. The molecule has 0 heterocycles. The van der Waals surface area contributed by atoms with Crippen molar-refractivity contribution in [2.75, 3.05) is 5.34 Å². The molecule has 0 saturated carbocycles. The van der Waals surface area contributed by atoms with Gasteiger partial charge in [0.15, 0.2) is 0 Å². The third-order valence-electron chi connectivity index (χ3n) is 1.09. The van der Waals surface area contributed by atoms with Crippen LogP contribution in [0.1, 0.15) is 10.4 Å². The van der Waals surface area contributed by atoms with Crippen molar-refractivity contribution in [1.82, 2.24) is 0 Å². The maximum Gasteiger partial charge on any atom is 0.255 e. The fourth-order valence-electron chi connectivity index (χ4n) is 0.621. The lowest BCUT2D eigenvalue weighted by Gasteiger charge is -1.92. The summed E-state index contributed by atoms with van der Waals surface area (Å²) in [5.41, 5.74) is -0.0795. The summed E-state index contributed by atoms with van der Waals surface area (Å²) in [5, 5.41) is -0.571. The number of halogens is 4. The van der Waals surface area contributed by atoms with Gasteiger partial charge in [0, 0.05) is 0 Å². The van der Waals surface area contributed by atoms with E-state index in [1.807, 2.05) is 0 Å². The minimum absolute atomic E-state index is 0.0795. The molecule has 0 spiro atoms. The second-order valence-corrected chi connectivity index (χ2v) is 3.01. The van der Waals surface area contributed by atoms with E-state index in [0.29, 0.717) is 0 Å². The molecule has 0 aliphatic heterocycles. The third kappa shape index (κ3) is 5.09. The van der Waals surface area contributed by atoms with Crippen molar-refractivity contribution in [1.29, 1.82) is 0 Å². The highest BCUT2D eigenvalue weighted by atomic mass is 35.5. The van der Waals surface area contributed by atoms with Gasteiger partial charge in [0.25, 0.3) is 5.24 Å². The monoisotopic (exact) mass is 242 g/mol. The molecule has 0 aliphatic rings. The van der Waals surface area contributed by atoms with Gasteiger partial charge in [0.2, 0.25) is 0 Å². The van der Waals surface area contributed by atoms with Crippen molar-refractivity contribution in [3.8, 4) is 0 Å². The van der Waals surface area contributed by atoms with Gasteiger partial charge in [-0.05, 0) is 23.7 Å². The molecular formula is C8H6Cl3FO. The van der Waals surface area contributed by atoms with Crippen LogP contribution in [-0.2, 0) is 0 Å². The normalized spacial score (nSPS) is 8.62. The minimum Gasteiger partial charge on any atom is -0.275 e. The molecular weight excluding hydrogens is 237 g/mol. The molecule has 1 aromatic rings. The van der Waals surface area contributed by atoms with Crippen molar-refractivity contribution in [2.24, 2.45) is 0 Å². The summed E-state index contributed by atoms with van der Waals surface area (Å²) in [5.74, 6) is -0.581. The number of hydrogen-bond donors (Lipinski definition) is 0. The average molecular weight is 243 g/mol. The molecule has 5 heteroatoms. The smallest absolute Gasteiger partial charge is 0.255 e. The van der Waals surface area contributed by atoms with Crippen molar-refractivity contribution in [3.63, 3.8) is 0 Å². The average Bonchev–Trinajstić information content (AvgIpc) is 2.06. The van der Waals surface area contributed by atoms with Crippen LogP contribution >= 0.6 is 34.8 Å². The maximum absolute atomic E-state index is 12.5. The minimum atomic E-state index is -0.766. The van der Waals surface area contributed by atoms with Crippen molar-refractivity contribution in [2.45, 2.75) is 0 Å². The Morgan fingerprint density at radius 1 is 1.31 bits per heavy atom. The van der Waals surface area contributed by atoms with Crippen LogP contribution in [0.3, 0.4) is 0 Å². The Bertz CT molecular complexity index is 278. The molecule has 13 heavy (non-hydrogen) atoms. The first-order valence-electron chi connectivity index (χ1n) is 3.19.